The molecule has 0 spiro atoms. The lowest BCUT2D eigenvalue weighted by molar-refractivity contribution is -0.0493. The Kier molecular flexibility index (Phi) is 6.46. The molecule has 1 N–H and O–H groups in total. The number of carboxylic acids is 1. The molecule has 1 heterocycles. The molecule has 1 aliphatic heterocycles. The Labute approximate surface area is 152 Å². The minimum atomic E-state index is -0.951. The first kappa shape index (κ1) is 18.2. The van der Waals surface area contributed by atoms with Gasteiger partial charge in [-0.15, -0.1) is 0 Å². The molecule has 0 saturated carbocycles. The van der Waals surface area contributed by atoms with Crippen LogP contribution in [-0.4, -0.2) is 37.2 Å². The molecular formula is C20H22O6. The highest BCUT2D eigenvalue weighted by atomic mass is 16.7. The first-order chi connectivity index (χ1) is 12.7. The van der Waals surface area contributed by atoms with Crippen LogP contribution in [0.3, 0.4) is 0 Å². The minimum absolute atomic E-state index is 0.0918. The molecule has 1 aliphatic rings. The van der Waals surface area contributed by atoms with Crippen LogP contribution in [-0.2, 0) is 16.1 Å². The predicted octanol–water partition coefficient (Wildman–Crippen LogP) is 3.50. The van der Waals surface area contributed by atoms with Crippen molar-refractivity contribution in [1.82, 2.24) is 0 Å². The zero-order valence-corrected chi connectivity index (χ0v) is 14.4. The monoisotopic (exact) mass is 358 g/mol. The maximum atomic E-state index is 10.8. The Balaban J connectivity index is 1.43. The van der Waals surface area contributed by atoms with E-state index in [1.807, 2.05) is 24.3 Å². The van der Waals surface area contributed by atoms with E-state index in [9.17, 15) is 4.79 Å². The molecule has 6 nitrogen and oxygen atoms in total. The summed E-state index contributed by atoms with van der Waals surface area (Å²) >= 11 is 0. The molecule has 0 radical (unpaired) electrons. The van der Waals surface area contributed by atoms with Crippen LogP contribution in [0.4, 0.5) is 0 Å². The van der Waals surface area contributed by atoms with E-state index in [2.05, 4.69) is 0 Å². The van der Waals surface area contributed by atoms with Gasteiger partial charge in [0, 0.05) is 6.42 Å². The minimum Gasteiger partial charge on any atom is -0.494 e. The molecule has 0 amide bonds. The largest absolute Gasteiger partial charge is 0.494 e. The van der Waals surface area contributed by atoms with Crippen molar-refractivity contribution in [2.75, 3.05) is 19.8 Å². The van der Waals surface area contributed by atoms with Gasteiger partial charge in [0.1, 0.15) is 18.1 Å². The number of benzene rings is 2. The second kappa shape index (κ2) is 9.22. The van der Waals surface area contributed by atoms with Crippen molar-refractivity contribution in [2.45, 2.75) is 25.7 Å². The summed E-state index contributed by atoms with van der Waals surface area (Å²) in [5.74, 6) is 0.464. The fraction of sp³-hybridized carbons (Fsp3) is 0.350. The van der Waals surface area contributed by atoms with Crippen molar-refractivity contribution < 1.29 is 28.8 Å². The molecular weight excluding hydrogens is 336 g/mol. The number of rotatable bonds is 9. The average molecular weight is 358 g/mol. The van der Waals surface area contributed by atoms with Crippen molar-refractivity contribution in [3.63, 3.8) is 0 Å². The summed E-state index contributed by atoms with van der Waals surface area (Å²) in [5, 5.41) is 8.90. The summed E-state index contributed by atoms with van der Waals surface area (Å²) in [6.07, 6.45) is 1.60. The molecule has 0 bridgehead atoms. The van der Waals surface area contributed by atoms with E-state index in [-0.39, 0.29) is 11.9 Å². The SMILES string of the molecule is O=C(O)c1ccc(OCc2cccc(OCCCC3OCCO3)c2)cc1. The van der Waals surface area contributed by atoms with E-state index in [0.29, 0.717) is 32.2 Å². The quantitative estimate of drug-likeness (QED) is 0.692. The lowest BCUT2D eigenvalue weighted by atomic mass is 10.2. The van der Waals surface area contributed by atoms with E-state index >= 15 is 0 Å². The smallest absolute Gasteiger partial charge is 0.335 e. The third-order valence-corrected chi connectivity index (χ3v) is 3.95. The van der Waals surface area contributed by atoms with Gasteiger partial charge in [0.05, 0.1) is 25.4 Å². The Morgan fingerprint density at radius 2 is 1.81 bits per heavy atom. The van der Waals surface area contributed by atoms with Crippen molar-refractivity contribution in [1.29, 1.82) is 0 Å². The molecule has 0 aliphatic carbocycles. The van der Waals surface area contributed by atoms with Gasteiger partial charge in [-0.3, -0.25) is 0 Å². The highest BCUT2D eigenvalue weighted by Crippen LogP contribution is 2.18. The second-order valence-corrected chi connectivity index (χ2v) is 5.93. The van der Waals surface area contributed by atoms with Gasteiger partial charge in [-0.2, -0.15) is 0 Å². The fourth-order valence-corrected chi connectivity index (χ4v) is 2.60. The Morgan fingerprint density at radius 3 is 2.54 bits per heavy atom. The van der Waals surface area contributed by atoms with Gasteiger partial charge >= 0.3 is 5.97 Å². The molecule has 2 aromatic rings. The number of ether oxygens (including phenoxy) is 4. The van der Waals surface area contributed by atoms with Gasteiger partial charge in [-0.25, -0.2) is 4.79 Å². The highest BCUT2D eigenvalue weighted by molar-refractivity contribution is 5.87. The third kappa shape index (κ3) is 5.47. The number of carbonyl (C=O) groups is 1. The molecule has 0 aromatic heterocycles. The summed E-state index contributed by atoms with van der Waals surface area (Å²) in [5.41, 5.74) is 1.22. The van der Waals surface area contributed by atoms with Gasteiger partial charge in [-0.1, -0.05) is 12.1 Å². The van der Waals surface area contributed by atoms with Crippen molar-refractivity contribution in [3.8, 4) is 11.5 Å². The van der Waals surface area contributed by atoms with Crippen molar-refractivity contribution in [2.24, 2.45) is 0 Å². The summed E-state index contributed by atoms with van der Waals surface area (Å²) in [6.45, 7) is 2.33. The Bertz CT molecular complexity index is 706. The number of hydrogen-bond acceptors (Lipinski definition) is 5. The van der Waals surface area contributed by atoms with E-state index in [1.54, 1.807) is 12.1 Å². The Hall–Kier alpha value is -2.57. The van der Waals surface area contributed by atoms with E-state index in [4.69, 9.17) is 24.1 Å². The van der Waals surface area contributed by atoms with Crippen LogP contribution in [0.5, 0.6) is 11.5 Å². The van der Waals surface area contributed by atoms with Gasteiger partial charge in [0.25, 0.3) is 0 Å². The van der Waals surface area contributed by atoms with Crippen molar-refractivity contribution >= 4 is 5.97 Å². The normalized spacial score (nSPS) is 14.3. The van der Waals surface area contributed by atoms with Gasteiger partial charge < -0.3 is 24.1 Å². The second-order valence-electron chi connectivity index (χ2n) is 5.93. The summed E-state index contributed by atoms with van der Waals surface area (Å²) in [7, 11) is 0. The van der Waals surface area contributed by atoms with Crippen LogP contribution in [0.1, 0.15) is 28.8 Å². The number of carboxylic acid groups (broad SMARTS) is 1. The van der Waals surface area contributed by atoms with Crippen LogP contribution < -0.4 is 9.47 Å². The summed E-state index contributed by atoms with van der Waals surface area (Å²) in [6, 6.07) is 14.1. The first-order valence-corrected chi connectivity index (χ1v) is 8.62. The van der Waals surface area contributed by atoms with E-state index in [0.717, 1.165) is 24.2 Å². The highest BCUT2D eigenvalue weighted by Gasteiger charge is 2.14. The predicted molar refractivity (Wildman–Crippen MR) is 94.6 cm³/mol. The van der Waals surface area contributed by atoms with Crippen LogP contribution in [0, 0.1) is 0 Å². The fourth-order valence-electron chi connectivity index (χ4n) is 2.60. The van der Waals surface area contributed by atoms with Gasteiger partial charge in [0.15, 0.2) is 6.29 Å². The zero-order valence-electron chi connectivity index (χ0n) is 14.4. The molecule has 26 heavy (non-hydrogen) atoms. The summed E-state index contributed by atoms with van der Waals surface area (Å²) in [4.78, 5) is 10.8. The van der Waals surface area contributed by atoms with E-state index in [1.165, 1.54) is 12.1 Å². The Morgan fingerprint density at radius 1 is 1.04 bits per heavy atom. The number of aromatic carboxylic acids is 1. The lowest BCUT2D eigenvalue weighted by Crippen LogP contribution is -2.09. The standard InChI is InChI=1S/C20H22O6/c21-20(22)16-6-8-17(9-7-16)26-14-15-3-1-4-18(13-15)23-10-2-5-19-24-11-12-25-19/h1,3-4,6-9,13,19H,2,5,10-12,14H2,(H,21,22). The third-order valence-electron chi connectivity index (χ3n) is 3.95. The molecule has 1 saturated heterocycles. The molecule has 0 unspecified atom stereocenters. The summed E-state index contributed by atoms with van der Waals surface area (Å²) < 4.78 is 22.2. The van der Waals surface area contributed by atoms with Crippen LogP contribution in [0.25, 0.3) is 0 Å². The lowest BCUT2D eigenvalue weighted by Gasteiger charge is -2.11. The average Bonchev–Trinajstić information content (AvgIpc) is 3.18. The van der Waals surface area contributed by atoms with Crippen LogP contribution in [0.2, 0.25) is 0 Å². The molecule has 3 rings (SSSR count). The molecule has 0 atom stereocenters. The molecule has 138 valence electrons. The first-order valence-electron chi connectivity index (χ1n) is 8.62. The van der Waals surface area contributed by atoms with Gasteiger partial charge in [0.2, 0.25) is 0 Å². The number of hydrogen-bond donors (Lipinski definition) is 1. The maximum absolute atomic E-state index is 10.8. The molecule has 1 fully saturated rings. The van der Waals surface area contributed by atoms with Gasteiger partial charge in [-0.05, 0) is 48.4 Å². The van der Waals surface area contributed by atoms with E-state index < -0.39 is 5.97 Å². The maximum Gasteiger partial charge on any atom is 0.335 e. The zero-order chi connectivity index (χ0) is 18.2. The topological polar surface area (TPSA) is 74.2 Å². The molecule has 6 heteroatoms. The molecule has 2 aromatic carbocycles. The van der Waals surface area contributed by atoms with Crippen LogP contribution in [0.15, 0.2) is 48.5 Å². The van der Waals surface area contributed by atoms with Crippen molar-refractivity contribution in [3.05, 3.63) is 59.7 Å². The van der Waals surface area contributed by atoms with Crippen LogP contribution >= 0.6 is 0 Å².